The molecule has 4 heterocycles. The third-order valence-electron chi connectivity index (χ3n) is 6.96. The SMILES string of the molecule is Cc1c(-c2[nH]c3ccc(C4CN(C(C)C)C4)cc3c2C(C)C)cn2cnnc2c1C. The van der Waals surface area contributed by atoms with Crippen LogP contribution in [0.4, 0.5) is 0 Å². The Labute approximate surface area is 178 Å². The number of pyridine rings is 1. The van der Waals surface area contributed by atoms with Crippen molar-refractivity contribution < 1.29 is 0 Å². The Morgan fingerprint density at radius 1 is 1.07 bits per heavy atom. The summed E-state index contributed by atoms with van der Waals surface area (Å²) in [7, 11) is 0. The molecule has 1 aliphatic rings. The van der Waals surface area contributed by atoms with Crippen molar-refractivity contribution in [3.63, 3.8) is 0 Å². The summed E-state index contributed by atoms with van der Waals surface area (Å²) >= 11 is 0. The van der Waals surface area contributed by atoms with Crippen LogP contribution in [-0.2, 0) is 0 Å². The zero-order valence-corrected chi connectivity index (χ0v) is 18.8. The van der Waals surface area contributed by atoms with Crippen molar-refractivity contribution in [2.45, 2.75) is 59.4 Å². The molecule has 1 N–H and O–H groups in total. The fourth-order valence-electron chi connectivity index (χ4n) is 4.90. The number of aromatic nitrogens is 4. The van der Waals surface area contributed by atoms with Crippen LogP contribution < -0.4 is 0 Å². The highest BCUT2D eigenvalue weighted by Crippen LogP contribution is 2.39. The van der Waals surface area contributed by atoms with Crippen LogP contribution in [0.15, 0.2) is 30.7 Å². The maximum Gasteiger partial charge on any atom is 0.163 e. The molecule has 0 bridgehead atoms. The molecule has 4 aromatic rings. The van der Waals surface area contributed by atoms with Crippen molar-refractivity contribution in [3.8, 4) is 11.3 Å². The lowest BCUT2D eigenvalue weighted by molar-refractivity contribution is 0.110. The minimum absolute atomic E-state index is 0.425. The summed E-state index contributed by atoms with van der Waals surface area (Å²) in [6, 6.07) is 7.66. The number of likely N-dealkylation sites (tertiary alicyclic amines) is 1. The zero-order valence-electron chi connectivity index (χ0n) is 18.8. The van der Waals surface area contributed by atoms with Gasteiger partial charge in [-0.15, -0.1) is 10.2 Å². The van der Waals surface area contributed by atoms with Crippen molar-refractivity contribution in [1.29, 1.82) is 0 Å². The summed E-state index contributed by atoms with van der Waals surface area (Å²) in [4.78, 5) is 6.29. The first-order valence-corrected chi connectivity index (χ1v) is 11.0. The van der Waals surface area contributed by atoms with Crippen LogP contribution in [0.1, 0.15) is 61.8 Å². The number of nitrogens with one attached hydrogen (secondary N) is 1. The number of hydrogen-bond donors (Lipinski definition) is 1. The number of aromatic amines is 1. The van der Waals surface area contributed by atoms with Gasteiger partial charge in [0.2, 0.25) is 0 Å². The van der Waals surface area contributed by atoms with Gasteiger partial charge in [-0.05, 0) is 68.0 Å². The van der Waals surface area contributed by atoms with Gasteiger partial charge < -0.3 is 4.98 Å². The average Bonchev–Trinajstić information content (AvgIpc) is 3.27. The van der Waals surface area contributed by atoms with Gasteiger partial charge in [-0.2, -0.15) is 0 Å². The first-order valence-electron chi connectivity index (χ1n) is 11.0. The lowest BCUT2D eigenvalue weighted by Crippen LogP contribution is -2.48. The lowest BCUT2D eigenvalue weighted by Gasteiger charge is -2.42. The summed E-state index contributed by atoms with van der Waals surface area (Å²) in [6.45, 7) is 15.8. The molecular formula is C25H31N5. The molecule has 1 aliphatic heterocycles. The van der Waals surface area contributed by atoms with Crippen LogP contribution in [0.5, 0.6) is 0 Å². The second-order valence-corrected chi connectivity index (χ2v) is 9.47. The number of hydrogen-bond acceptors (Lipinski definition) is 3. The van der Waals surface area contributed by atoms with Gasteiger partial charge in [-0.1, -0.05) is 19.9 Å². The van der Waals surface area contributed by atoms with Crippen molar-refractivity contribution in [2.75, 3.05) is 13.1 Å². The standard InChI is InChI=1S/C25H31N5/c1-14(2)23-20-9-18(19-10-29(11-19)15(3)4)7-8-22(20)27-24(23)21-12-30-13-26-28-25(30)17(6)16(21)5/h7-9,12-15,19,27H,10-11H2,1-6H3. The van der Waals surface area contributed by atoms with Gasteiger partial charge in [0.05, 0.1) is 5.69 Å². The van der Waals surface area contributed by atoms with Crippen LogP contribution in [-0.4, -0.2) is 43.6 Å². The zero-order chi connectivity index (χ0) is 21.2. The monoisotopic (exact) mass is 401 g/mol. The summed E-state index contributed by atoms with van der Waals surface area (Å²) in [5.74, 6) is 1.07. The number of aryl methyl sites for hydroxylation is 1. The summed E-state index contributed by atoms with van der Waals surface area (Å²) in [6.07, 6.45) is 3.96. The van der Waals surface area contributed by atoms with E-state index in [-0.39, 0.29) is 0 Å². The Balaban J connectivity index is 1.65. The molecule has 0 amide bonds. The van der Waals surface area contributed by atoms with E-state index in [4.69, 9.17) is 0 Å². The van der Waals surface area contributed by atoms with Crippen LogP contribution in [0.2, 0.25) is 0 Å². The van der Waals surface area contributed by atoms with Crippen molar-refractivity contribution in [2.24, 2.45) is 0 Å². The summed E-state index contributed by atoms with van der Waals surface area (Å²) < 4.78 is 2.04. The molecule has 0 spiro atoms. The number of rotatable bonds is 4. The number of nitrogens with zero attached hydrogens (tertiary/aromatic N) is 4. The maximum atomic E-state index is 4.28. The molecule has 1 aromatic carbocycles. The van der Waals surface area contributed by atoms with E-state index in [1.54, 1.807) is 6.33 Å². The fraction of sp³-hybridized carbons (Fsp3) is 0.440. The molecule has 5 rings (SSSR count). The highest BCUT2D eigenvalue weighted by atomic mass is 15.2. The van der Waals surface area contributed by atoms with E-state index in [1.807, 2.05) is 4.40 Å². The molecular weight excluding hydrogens is 370 g/mol. The number of benzene rings is 1. The van der Waals surface area contributed by atoms with E-state index >= 15 is 0 Å². The van der Waals surface area contributed by atoms with Gasteiger partial charge >= 0.3 is 0 Å². The first-order chi connectivity index (χ1) is 14.3. The summed E-state index contributed by atoms with van der Waals surface area (Å²) in [5.41, 5.74) is 9.93. The molecule has 30 heavy (non-hydrogen) atoms. The van der Waals surface area contributed by atoms with E-state index in [0.29, 0.717) is 17.9 Å². The smallest absolute Gasteiger partial charge is 0.163 e. The van der Waals surface area contributed by atoms with Gasteiger partial charge in [0.15, 0.2) is 5.65 Å². The van der Waals surface area contributed by atoms with Crippen LogP contribution in [0.25, 0.3) is 27.8 Å². The third kappa shape index (κ3) is 2.87. The minimum atomic E-state index is 0.425. The van der Waals surface area contributed by atoms with E-state index < -0.39 is 0 Å². The molecule has 0 unspecified atom stereocenters. The van der Waals surface area contributed by atoms with Gasteiger partial charge in [-0.25, -0.2) is 0 Å². The van der Waals surface area contributed by atoms with Gasteiger partial charge in [0.25, 0.3) is 0 Å². The molecule has 0 radical (unpaired) electrons. The van der Waals surface area contributed by atoms with E-state index in [1.165, 1.54) is 57.5 Å². The minimum Gasteiger partial charge on any atom is -0.354 e. The van der Waals surface area contributed by atoms with Crippen LogP contribution in [0, 0.1) is 13.8 Å². The van der Waals surface area contributed by atoms with E-state index in [0.717, 1.165) is 5.65 Å². The molecule has 1 saturated heterocycles. The number of fused-ring (bicyclic) bond motifs is 2. The average molecular weight is 402 g/mol. The molecule has 156 valence electrons. The molecule has 1 fully saturated rings. The molecule has 0 aliphatic carbocycles. The molecule has 5 nitrogen and oxygen atoms in total. The van der Waals surface area contributed by atoms with Gasteiger partial charge in [0.1, 0.15) is 6.33 Å². The third-order valence-corrected chi connectivity index (χ3v) is 6.96. The highest BCUT2D eigenvalue weighted by Gasteiger charge is 2.30. The first kappa shape index (κ1) is 19.3. The predicted molar refractivity (Wildman–Crippen MR) is 123 cm³/mol. The topological polar surface area (TPSA) is 49.2 Å². The molecule has 0 saturated carbocycles. The maximum absolute atomic E-state index is 4.28. The number of H-pyrrole nitrogens is 1. The largest absolute Gasteiger partial charge is 0.354 e. The molecule has 5 heteroatoms. The second-order valence-electron chi connectivity index (χ2n) is 9.47. The van der Waals surface area contributed by atoms with Gasteiger partial charge in [0, 0.05) is 47.7 Å². The lowest BCUT2D eigenvalue weighted by atomic mass is 9.88. The summed E-state index contributed by atoms with van der Waals surface area (Å²) in [5, 5.41) is 9.74. The molecule has 0 atom stereocenters. The Hall–Kier alpha value is -2.66. The van der Waals surface area contributed by atoms with Crippen LogP contribution >= 0.6 is 0 Å². The quantitative estimate of drug-likeness (QED) is 0.496. The second kappa shape index (κ2) is 6.95. The van der Waals surface area contributed by atoms with Crippen LogP contribution in [0.3, 0.4) is 0 Å². The Kier molecular flexibility index (Phi) is 4.47. The predicted octanol–water partition coefficient (Wildman–Crippen LogP) is 5.43. The van der Waals surface area contributed by atoms with Crippen molar-refractivity contribution in [3.05, 3.63) is 53.0 Å². The molecule has 3 aromatic heterocycles. The Morgan fingerprint density at radius 3 is 2.53 bits per heavy atom. The fourth-order valence-corrected chi connectivity index (χ4v) is 4.90. The normalized spacial score (nSPS) is 15.7. The van der Waals surface area contributed by atoms with E-state index in [2.05, 4.69) is 86.0 Å². The van der Waals surface area contributed by atoms with Crippen molar-refractivity contribution >= 4 is 16.6 Å². The van der Waals surface area contributed by atoms with E-state index in [9.17, 15) is 0 Å². The van der Waals surface area contributed by atoms with Gasteiger partial charge in [-0.3, -0.25) is 9.30 Å². The highest BCUT2D eigenvalue weighted by molar-refractivity contribution is 5.92. The Bertz CT molecular complexity index is 1240. The Morgan fingerprint density at radius 2 is 1.83 bits per heavy atom. The van der Waals surface area contributed by atoms with Crippen molar-refractivity contribution in [1.82, 2.24) is 24.5 Å².